The first-order chi connectivity index (χ1) is 29.3. The van der Waals surface area contributed by atoms with Gasteiger partial charge in [-0.3, -0.25) is 0 Å². The van der Waals surface area contributed by atoms with E-state index in [-0.39, 0.29) is 0 Å². The van der Waals surface area contributed by atoms with Gasteiger partial charge < -0.3 is 18.5 Å². The molecule has 0 atom stereocenters. The number of para-hydroxylation sites is 4. The number of rotatable bonds is 4. The van der Waals surface area contributed by atoms with Crippen molar-refractivity contribution in [2.24, 2.45) is 0 Å². The first-order valence-corrected chi connectivity index (χ1v) is 20.1. The summed E-state index contributed by atoms with van der Waals surface area (Å²) in [6.07, 6.45) is 0. The molecule has 1 spiro atoms. The number of furan rings is 2. The number of nitrogens with zero attached hydrogens (tertiary/aromatic N) is 1. The van der Waals surface area contributed by atoms with Gasteiger partial charge in [0.05, 0.1) is 27.9 Å². The molecule has 0 N–H and O–H groups in total. The lowest BCUT2D eigenvalue weighted by atomic mass is 9.66. The van der Waals surface area contributed by atoms with Crippen LogP contribution in [0.25, 0.3) is 66.1 Å². The van der Waals surface area contributed by atoms with Crippen LogP contribution in [0.5, 0.6) is 11.5 Å². The summed E-state index contributed by atoms with van der Waals surface area (Å²) in [5.41, 5.74) is 14.9. The number of fused-ring (bicyclic) bond motifs is 15. The summed E-state index contributed by atoms with van der Waals surface area (Å²) in [6, 6.07) is 71.0. The van der Waals surface area contributed by atoms with E-state index >= 15 is 0 Å². The lowest BCUT2D eigenvalue weighted by molar-refractivity contribution is 0.437. The third-order valence-corrected chi connectivity index (χ3v) is 12.5. The van der Waals surface area contributed by atoms with E-state index in [0.29, 0.717) is 0 Å². The molecule has 1 aliphatic carbocycles. The molecule has 2 aliphatic rings. The third-order valence-electron chi connectivity index (χ3n) is 12.5. The SMILES string of the molecule is c1ccc(-c2ccc3oc4cccc(N(c5cccc6c5Oc5ccccc5C65c6ccccc6-c6ccccc65)c5cccc6c5oc5ccccc56)c4c3c2)cc1. The summed E-state index contributed by atoms with van der Waals surface area (Å²) in [5, 5.41) is 4.16. The van der Waals surface area contributed by atoms with Gasteiger partial charge in [-0.1, -0.05) is 152 Å². The van der Waals surface area contributed by atoms with Gasteiger partial charge in [0.25, 0.3) is 0 Å². The van der Waals surface area contributed by atoms with E-state index < -0.39 is 5.41 Å². The fraction of sp³-hybridized carbons (Fsp3) is 0.0182. The van der Waals surface area contributed by atoms with Crippen molar-refractivity contribution in [2.45, 2.75) is 5.41 Å². The Morgan fingerprint density at radius 1 is 0.373 bits per heavy atom. The maximum Gasteiger partial charge on any atom is 0.159 e. The van der Waals surface area contributed by atoms with Crippen LogP contribution in [0.2, 0.25) is 0 Å². The van der Waals surface area contributed by atoms with Gasteiger partial charge in [-0.15, -0.1) is 0 Å². The van der Waals surface area contributed by atoms with Gasteiger partial charge in [0.15, 0.2) is 11.3 Å². The highest BCUT2D eigenvalue weighted by molar-refractivity contribution is 6.17. The van der Waals surface area contributed by atoms with Crippen molar-refractivity contribution in [3.63, 3.8) is 0 Å². The van der Waals surface area contributed by atoms with E-state index in [1.54, 1.807) is 0 Å². The van der Waals surface area contributed by atoms with Gasteiger partial charge in [0.2, 0.25) is 0 Å². The smallest absolute Gasteiger partial charge is 0.159 e. The van der Waals surface area contributed by atoms with Crippen molar-refractivity contribution < 1.29 is 13.6 Å². The minimum atomic E-state index is -0.622. The van der Waals surface area contributed by atoms with E-state index in [9.17, 15) is 0 Å². The van der Waals surface area contributed by atoms with Crippen LogP contribution < -0.4 is 9.64 Å². The molecule has 4 heteroatoms. The Hall–Kier alpha value is -7.82. The quantitative estimate of drug-likeness (QED) is 0.179. The molecule has 2 aromatic heterocycles. The molecule has 0 saturated carbocycles. The molecule has 0 unspecified atom stereocenters. The third kappa shape index (κ3) is 4.37. The van der Waals surface area contributed by atoms with Gasteiger partial charge in [-0.25, -0.2) is 0 Å². The Morgan fingerprint density at radius 3 is 1.83 bits per heavy atom. The second-order valence-corrected chi connectivity index (χ2v) is 15.5. The minimum absolute atomic E-state index is 0.622. The molecule has 4 nitrogen and oxygen atoms in total. The van der Waals surface area contributed by atoms with Crippen LogP contribution in [0.3, 0.4) is 0 Å². The molecule has 9 aromatic carbocycles. The molecule has 0 saturated heterocycles. The molecule has 276 valence electrons. The second-order valence-electron chi connectivity index (χ2n) is 15.5. The van der Waals surface area contributed by atoms with Crippen molar-refractivity contribution in [2.75, 3.05) is 4.90 Å². The van der Waals surface area contributed by atoms with Gasteiger partial charge in [-0.2, -0.15) is 0 Å². The number of hydrogen-bond donors (Lipinski definition) is 0. The first-order valence-electron chi connectivity index (χ1n) is 20.1. The Bertz CT molecular complexity index is 3460. The summed E-state index contributed by atoms with van der Waals surface area (Å²) in [5.74, 6) is 1.63. The number of hydrogen-bond acceptors (Lipinski definition) is 4. The number of ether oxygens (including phenoxy) is 1. The minimum Gasteiger partial charge on any atom is -0.456 e. The predicted octanol–water partition coefficient (Wildman–Crippen LogP) is 15.1. The van der Waals surface area contributed by atoms with Crippen LogP contribution >= 0.6 is 0 Å². The Balaban J connectivity index is 1.16. The fourth-order valence-electron chi connectivity index (χ4n) is 10.1. The van der Waals surface area contributed by atoms with Crippen LogP contribution in [0.4, 0.5) is 17.1 Å². The van der Waals surface area contributed by atoms with Crippen LogP contribution in [0.1, 0.15) is 22.3 Å². The highest BCUT2D eigenvalue weighted by Crippen LogP contribution is 2.64. The molecule has 59 heavy (non-hydrogen) atoms. The van der Waals surface area contributed by atoms with Crippen molar-refractivity contribution in [1.29, 1.82) is 0 Å². The van der Waals surface area contributed by atoms with E-state index in [4.69, 9.17) is 13.6 Å². The summed E-state index contributed by atoms with van der Waals surface area (Å²) < 4.78 is 20.8. The van der Waals surface area contributed by atoms with Crippen molar-refractivity contribution >= 4 is 60.9 Å². The zero-order valence-electron chi connectivity index (χ0n) is 31.7. The largest absolute Gasteiger partial charge is 0.456 e. The topological polar surface area (TPSA) is 38.8 Å². The van der Waals surface area contributed by atoms with Crippen LogP contribution in [0.15, 0.2) is 209 Å². The summed E-state index contributed by atoms with van der Waals surface area (Å²) >= 11 is 0. The molecule has 11 aromatic rings. The summed E-state index contributed by atoms with van der Waals surface area (Å²) in [7, 11) is 0. The van der Waals surface area contributed by atoms with E-state index in [1.165, 1.54) is 22.3 Å². The fourth-order valence-corrected chi connectivity index (χ4v) is 10.1. The van der Waals surface area contributed by atoms with Crippen molar-refractivity contribution in [3.05, 3.63) is 222 Å². The van der Waals surface area contributed by atoms with Crippen LogP contribution in [0, 0.1) is 0 Å². The lowest BCUT2D eigenvalue weighted by Crippen LogP contribution is -2.32. The highest BCUT2D eigenvalue weighted by atomic mass is 16.5. The van der Waals surface area contributed by atoms with Crippen LogP contribution in [-0.4, -0.2) is 0 Å². The van der Waals surface area contributed by atoms with Gasteiger partial charge in [0.1, 0.15) is 22.5 Å². The monoisotopic (exact) mass is 755 g/mol. The van der Waals surface area contributed by atoms with Gasteiger partial charge >= 0.3 is 0 Å². The van der Waals surface area contributed by atoms with Crippen molar-refractivity contribution in [3.8, 4) is 33.8 Å². The molecule has 0 radical (unpaired) electrons. The normalized spacial score (nSPS) is 13.4. The maximum absolute atomic E-state index is 7.28. The standard InChI is InChI=1S/C55H33NO3/c1-2-15-34(16-3-1)35-31-32-49-40(33-35)52-45(25-14-30-51(52)57-49)56(46-26-12-20-39-38-19-6-10-28-48(38)58-53(39)46)47-27-13-24-44-54(47)59-50-29-11-9-23-43(50)55(44)41-21-7-4-17-36(41)37-18-5-8-22-42(37)55/h1-33H. The Kier molecular flexibility index (Phi) is 6.62. The first kappa shape index (κ1) is 32.3. The lowest BCUT2D eigenvalue weighted by Gasteiger charge is -2.41. The van der Waals surface area contributed by atoms with Gasteiger partial charge in [0, 0.05) is 27.3 Å². The van der Waals surface area contributed by atoms with Crippen molar-refractivity contribution in [1.82, 2.24) is 0 Å². The van der Waals surface area contributed by atoms with E-state index in [1.807, 2.05) is 12.1 Å². The molecule has 1 aliphatic heterocycles. The zero-order chi connectivity index (χ0) is 38.7. The Labute approximate surface area is 339 Å². The second kappa shape index (κ2) is 12.1. The molecule has 13 rings (SSSR count). The molecular formula is C55H33NO3. The molecule has 0 fully saturated rings. The zero-order valence-corrected chi connectivity index (χ0v) is 31.7. The summed E-state index contributed by atoms with van der Waals surface area (Å²) in [4.78, 5) is 2.34. The van der Waals surface area contributed by atoms with E-state index in [2.05, 4.69) is 193 Å². The molecular weight excluding hydrogens is 723 g/mol. The molecule has 3 heterocycles. The number of anilines is 3. The summed E-state index contributed by atoms with van der Waals surface area (Å²) in [6.45, 7) is 0. The van der Waals surface area contributed by atoms with E-state index in [0.717, 1.165) is 94.7 Å². The maximum atomic E-state index is 7.28. The predicted molar refractivity (Wildman–Crippen MR) is 238 cm³/mol. The molecule has 0 bridgehead atoms. The molecule has 0 amide bonds. The average Bonchev–Trinajstić information content (AvgIpc) is 3.96. The van der Waals surface area contributed by atoms with Gasteiger partial charge in [-0.05, 0) is 81.9 Å². The number of benzene rings is 9. The Morgan fingerprint density at radius 2 is 0.983 bits per heavy atom. The average molecular weight is 756 g/mol. The van der Waals surface area contributed by atoms with Crippen LogP contribution in [-0.2, 0) is 5.41 Å². The highest BCUT2D eigenvalue weighted by Gasteiger charge is 2.51.